The smallest absolute Gasteiger partial charge is 0.0585 e. The molecule has 0 radical (unpaired) electrons. The van der Waals surface area contributed by atoms with Crippen molar-refractivity contribution in [1.82, 2.24) is 0 Å². The highest BCUT2D eigenvalue weighted by Gasteiger charge is 2.49. The van der Waals surface area contributed by atoms with Crippen LogP contribution in [0.25, 0.3) is 0 Å². The van der Waals surface area contributed by atoms with Crippen molar-refractivity contribution < 1.29 is 5.11 Å². The zero-order chi connectivity index (χ0) is 9.90. The van der Waals surface area contributed by atoms with Gasteiger partial charge in [-0.05, 0) is 37.0 Å². The summed E-state index contributed by atoms with van der Waals surface area (Å²) >= 11 is 0. The van der Waals surface area contributed by atoms with Crippen molar-refractivity contribution >= 4 is 0 Å². The molecule has 0 bridgehead atoms. The van der Waals surface area contributed by atoms with E-state index in [0.717, 1.165) is 0 Å². The van der Waals surface area contributed by atoms with Crippen LogP contribution in [-0.4, -0.2) is 17.8 Å². The molecule has 3 N–H and O–H groups in total. The third-order valence-corrected chi connectivity index (χ3v) is 3.62. The lowest BCUT2D eigenvalue weighted by molar-refractivity contribution is -0.0414. The Kier molecular flexibility index (Phi) is 3.74. The Balaban J connectivity index is 0.000000396. The van der Waals surface area contributed by atoms with Gasteiger partial charge in [0.15, 0.2) is 0 Å². The van der Waals surface area contributed by atoms with E-state index in [1.807, 2.05) is 13.8 Å². The minimum absolute atomic E-state index is 0.0567. The number of aliphatic hydroxyl groups is 1. The Hall–Kier alpha value is -0.0800. The van der Waals surface area contributed by atoms with E-state index in [4.69, 9.17) is 10.8 Å². The Morgan fingerprint density at radius 3 is 2.23 bits per heavy atom. The van der Waals surface area contributed by atoms with Crippen molar-refractivity contribution in [2.24, 2.45) is 17.1 Å². The van der Waals surface area contributed by atoms with E-state index in [2.05, 4.69) is 0 Å². The normalized spacial score (nSPS) is 26.8. The molecular weight excluding hydrogens is 162 g/mol. The van der Waals surface area contributed by atoms with Crippen LogP contribution in [0, 0.1) is 11.3 Å². The lowest BCUT2D eigenvalue weighted by Gasteiger charge is -2.55. The number of nitrogens with two attached hydrogens (primary N) is 1. The van der Waals surface area contributed by atoms with Gasteiger partial charge in [0.05, 0.1) is 6.61 Å². The fraction of sp³-hybridized carbons (Fsp3) is 1.00. The fourth-order valence-corrected chi connectivity index (χ4v) is 2.59. The van der Waals surface area contributed by atoms with E-state index in [0.29, 0.717) is 11.3 Å². The maximum Gasteiger partial charge on any atom is 0.0585 e. The molecule has 0 amide bonds. The second-order valence-corrected chi connectivity index (χ2v) is 4.37. The van der Waals surface area contributed by atoms with E-state index in [-0.39, 0.29) is 12.6 Å². The number of rotatable bonds is 2. The lowest BCUT2D eigenvalue weighted by Crippen LogP contribution is -2.50. The molecule has 1 atom stereocenters. The molecule has 0 aromatic rings. The Morgan fingerprint density at radius 1 is 1.38 bits per heavy atom. The Bertz CT molecular complexity index is 146. The summed E-state index contributed by atoms with van der Waals surface area (Å²) in [4.78, 5) is 0. The maximum absolute atomic E-state index is 8.81. The minimum atomic E-state index is 0.0567. The fourth-order valence-electron chi connectivity index (χ4n) is 2.59. The zero-order valence-electron chi connectivity index (χ0n) is 8.92. The van der Waals surface area contributed by atoms with Crippen molar-refractivity contribution in [3.63, 3.8) is 0 Å². The Labute approximate surface area is 81.5 Å². The van der Waals surface area contributed by atoms with Gasteiger partial charge >= 0.3 is 0 Å². The summed E-state index contributed by atoms with van der Waals surface area (Å²) in [7, 11) is 0. The second kappa shape index (κ2) is 4.43. The molecule has 2 aliphatic carbocycles. The number of aliphatic hydroxyl groups excluding tert-OH is 1. The van der Waals surface area contributed by atoms with Gasteiger partial charge in [-0.25, -0.2) is 0 Å². The average Bonchev–Trinajstić information content (AvgIpc) is 2.03. The van der Waals surface area contributed by atoms with Gasteiger partial charge in [-0.15, -0.1) is 0 Å². The number of hydrogen-bond acceptors (Lipinski definition) is 2. The molecule has 2 aliphatic rings. The summed E-state index contributed by atoms with van der Waals surface area (Å²) in [5.41, 5.74) is 6.43. The Morgan fingerprint density at radius 2 is 1.92 bits per heavy atom. The molecule has 2 nitrogen and oxygen atoms in total. The van der Waals surface area contributed by atoms with Crippen LogP contribution < -0.4 is 5.73 Å². The van der Waals surface area contributed by atoms with Gasteiger partial charge < -0.3 is 10.8 Å². The van der Waals surface area contributed by atoms with E-state index in [1.165, 1.54) is 32.1 Å². The average molecular weight is 185 g/mol. The molecule has 0 aromatic heterocycles. The highest BCUT2D eigenvalue weighted by Crippen LogP contribution is 2.59. The molecule has 1 unspecified atom stereocenters. The van der Waals surface area contributed by atoms with Gasteiger partial charge in [-0.3, -0.25) is 0 Å². The van der Waals surface area contributed by atoms with Crippen molar-refractivity contribution in [2.45, 2.75) is 52.0 Å². The first-order chi connectivity index (χ1) is 6.26. The van der Waals surface area contributed by atoms with Gasteiger partial charge in [0, 0.05) is 6.04 Å². The molecule has 0 heterocycles. The van der Waals surface area contributed by atoms with Crippen LogP contribution in [0.4, 0.5) is 0 Å². The molecule has 0 saturated heterocycles. The first-order valence-electron chi connectivity index (χ1n) is 5.62. The molecule has 1 spiro atoms. The first-order valence-corrected chi connectivity index (χ1v) is 5.62. The molecular formula is C11H23NO. The molecule has 2 heteroatoms. The standard InChI is InChI=1S/C9H17NO.C2H6/c10-8(6-11)7-4-9(5-7)2-1-3-9;1-2/h7-8,11H,1-6,10H2;1-2H3. The topological polar surface area (TPSA) is 46.2 Å². The zero-order valence-corrected chi connectivity index (χ0v) is 8.92. The van der Waals surface area contributed by atoms with Crippen molar-refractivity contribution in [3.8, 4) is 0 Å². The monoisotopic (exact) mass is 185 g/mol. The van der Waals surface area contributed by atoms with Gasteiger partial charge in [0.2, 0.25) is 0 Å². The van der Waals surface area contributed by atoms with E-state index in [1.54, 1.807) is 0 Å². The van der Waals surface area contributed by atoms with Crippen LogP contribution in [0.2, 0.25) is 0 Å². The molecule has 2 rings (SSSR count). The van der Waals surface area contributed by atoms with Gasteiger partial charge in [0.25, 0.3) is 0 Å². The largest absolute Gasteiger partial charge is 0.395 e. The summed E-state index contributed by atoms with van der Waals surface area (Å²) in [6, 6.07) is 0.0567. The molecule has 2 saturated carbocycles. The van der Waals surface area contributed by atoms with Gasteiger partial charge in [-0.1, -0.05) is 20.3 Å². The highest BCUT2D eigenvalue weighted by molar-refractivity contribution is 5.01. The SMILES string of the molecule is CC.NC(CO)C1CC2(CCC2)C1. The van der Waals surface area contributed by atoms with E-state index >= 15 is 0 Å². The second-order valence-electron chi connectivity index (χ2n) is 4.37. The van der Waals surface area contributed by atoms with E-state index in [9.17, 15) is 0 Å². The summed E-state index contributed by atoms with van der Waals surface area (Å²) in [6.07, 6.45) is 6.83. The maximum atomic E-state index is 8.81. The molecule has 0 aromatic carbocycles. The van der Waals surface area contributed by atoms with E-state index < -0.39 is 0 Å². The molecule has 0 aliphatic heterocycles. The first kappa shape index (κ1) is 11.0. The van der Waals surface area contributed by atoms with Crippen LogP contribution in [0.5, 0.6) is 0 Å². The predicted octanol–water partition coefficient (Wildman–Crippen LogP) is 1.91. The van der Waals surface area contributed by atoms with Crippen molar-refractivity contribution in [3.05, 3.63) is 0 Å². The summed E-state index contributed by atoms with van der Waals surface area (Å²) in [6.45, 7) is 4.17. The lowest BCUT2D eigenvalue weighted by atomic mass is 9.50. The quantitative estimate of drug-likeness (QED) is 0.690. The molecule has 78 valence electrons. The minimum Gasteiger partial charge on any atom is -0.395 e. The predicted molar refractivity (Wildman–Crippen MR) is 55.4 cm³/mol. The van der Waals surface area contributed by atoms with Gasteiger partial charge in [0.1, 0.15) is 0 Å². The van der Waals surface area contributed by atoms with Crippen molar-refractivity contribution in [1.29, 1.82) is 0 Å². The van der Waals surface area contributed by atoms with Crippen LogP contribution in [0.3, 0.4) is 0 Å². The van der Waals surface area contributed by atoms with Crippen molar-refractivity contribution in [2.75, 3.05) is 6.61 Å². The number of hydrogen-bond donors (Lipinski definition) is 2. The third kappa shape index (κ3) is 2.05. The summed E-state index contributed by atoms with van der Waals surface area (Å²) < 4.78 is 0. The van der Waals surface area contributed by atoms with Gasteiger partial charge in [-0.2, -0.15) is 0 Å². The van der Waals surface area contributed by atoms with Crippen LogP contribution in [0.15, 0.2) is 0 Å². The third-order valence-electron chi connectivity index (χ3n) is 3.62. The summed E-state index contributed by atoms with van der Waals surface area (Å²) in [5.74, 6) is 0.625. The molecule has 2 fully saturated rings. The summed E-state index contributed by atoms with van der Waals surface area (Å²) in [5, 5.41) is 8.81. The van der Waals surface area contributed by atoms with Crippen LogP contribution in [-0.2, 0) is 0 Å². The highest BCUT2D eigenvalue weighted by atomic mass is 16.3. The van der Waals surface area contributed by atoms with Crippen LogP contribution >= 0.6 is 0 Å². The molecule has 13 heavy (non-hydrogen) atoms. The van der Waals surface area contributed by atoms with Crippen LogP contribution in [0.1, 0.15) is 46.0 Å².